The lowest BCUT2D eigenvalue weighted by Crippen LogP contribution is -2.35. The molecule has 0 aliphatic carbocycles. The molecule has 3 aromatic rings. The predicted molar refractivity (Wildman–Crippen MR) is 119 cm³/mol. The van der Waals surface area contributed by atoms with E-state index in [1.54, 1.807) is 30.3 Å². The molecule has 1 aliphatic heterocycles. The van der Waals surface area contributed by atoms with Crippen molar-refractivity contribution in [2.75, 3.05) is 12.1 Å². The molecule has 1 aliphatic rings. The van der Waals surface area contributed by atoms with Crippen molar-refractivity contribution in [1.82, 2.24) is 5.43 Å². The minimum atomic E-state index is -0.955. The van der Waals surface area contributed by atoms with Crippen LogP contribution in [0.5, 0.6) is 11.5 Å². The number of para-hydroxylation sites is 1. The summed E-state index contributed by atoms with van der Waals surface area (Å²) in [7, 11) is 1.33. The number of hydrogen-bond donors (Lipinski definition) is 1. The zero-order chi connectivity index (χ0) is 23.5. The number of methoxy groups -OCH3 is 1. The summed E-state index contributed by atoms with van der Waals surface area (Å²) in [5, 5.41) is 1.11. The molecule has 1 N–H and O–H groups in total. The SMILES string of the molecule is COc1cc(/C=C2\C(=O)NN(c3ccccc3)C2=O)cc(Cl)c1OC(=O)c1ccccc1F. The molecule has 0 atom stereocenters. The third kappa shape index (κ3) is 4.42. The third-order valence-corrected chi connectivity index (χ3v) is 5.04. The lowest BCUT2D eigenvalue weighted by atomic mass is 10.1. The van der Waals surface area contributed by atoms with E-state index in [0.29, 0.717) is 11.3 Å². The van der Waals surface area contributed by atoms with Crippen molar-refractivity contribution in [2.45, 2.75) is 0 Å². The fourth-order valence-electron chi connectivity index (χ4n) is 3.18. The number of amides is 2. The van der Waals surface area contributed by atoms with Gasteiger partial charge in [-0.3, -0.25) is 15.0 Å². The highest BCUT2D eigenvalue weighted by molar-refractivity contribution is 6.33. The van der Waals surface area contributed by atoms with Gasteiger partial charge in [0.25, 0.3) is 11.8 Å². The van der Waals surface area contributed by atoms with E-state index in [1.165, 1.54) is 43.5 Å². The number of esters is 1. The summed E-state index contributed by atoms with van der Waals surface area (Å²) in [6, 6.07) is 16.8. The number of nitrogens with zero attached hydrogens (tertiary/aromatic N) is 1. The first kappa shape index (κ1) is 22.0. The van der Waals surface area contributed by atoms with Gasteiger partial charge in [0.05, 0.1) is 23.4 Å². The van der Waals surface area contributed by atoms with Crippen LogP contribution >= 0.6 is 11.6 Å². The summed E-state index contributed by atoms with van der Waals surface area (Å²) >= 11 is 6.29. The Morgan fingerprint density at radius 1 is 1.06 bits per heavy atom. The number of anilines is 1. The average molecular weight is 467 g/mol. The van der Waals surface area contributed by atoms with Crippen LogP contribution in [0, 0.1) is 5.82 Å². The summed E-state index contributed by atoms with van der Waals surface area (Å²) in [6.45, 7) is 0. The molecule has 2 amide bonds. The van der Waals surface area contributed by atoms with Crippen LogP contribution in [-0.4, -0.2) is 24.9 Å². The molecule has 1 fully saturated rings. The number of halogens is 2. The van der Waals surface area contributed by atoms with Crippen molar-refractivity contribution < 1.29 is 28.2 Å². The van der Waals surface area contributed by atoms with Crippen LogP contribution in [0.1, 0.15) is 15.9 Å². The smallest absolute Gasteiger partial charge is 0.346 e. The van der Waals surface area contributed by atoms with E-state index in [4.69, 9.17) is 21.1 Å². The van der Waals surface area contributed by atoms with Crippen molar-refractivity contribution in [1.29, 1.82) is 0 Å². The second-order valence-electron chi connectivity index (χ2n) is 6.88. The zero-order valence-corrected chi connectivity index (χ0v) is 17.9. The number of nitrogens with one attached hydrogen (secondary N) is 1. The van der Waals surface area contributed by atoms with Crippen LogP contribution in [0.25, 0.3) is 6.08 Å². The van der Waals surface area contributed by atoms with Gasteiger partial charge in [-0.15, -0.1) is 0 Å². The van der Waals surface area contributed by atoms with Crippen LogP contribution in [0.3, 0.4) is 0 Å². The molecule has 9 heteroatoms. The van der Waals surface area contributed by atoms with Crippen LogP contribution < -0.4 is 19.9 Å². The maximum atomic E-state index is 13.9. The summed E-state index contributed by atoms with van der Waals surface area (Å²) in [6.07, 6.45) is 1.34. The molecule has 3 aromatic carbocycles. The monoisotopic (exact) mass is 466 g/mol. The van der Waals surface area contributed by atoms with Gasteiger partial charge in [0.2, 0.25) is 0 Å². The van der Waals surface area contributed by atoms with E-state index >= 15 is 0 Å². The Labute approximate surface area is 193 Å². The van der Waals surface area contributed by atoms with E-state index < -0.39 is 23.6 Å². The first-order chi connectivity index (χ1) is 15.9. The Balaban J connectivity index is 1.64. The molecule has 0 saturated carbocycles. The maximum absolute atomic E-state index is 13.9. The van der Waals surface area contributed by atoms with Crippen molar-refractivity contribution in [3.8, 4) is 11.5 Å². The van der Waals surface area contributed by atoms with Crippen molar-refractivity contribution in [3.63, 3.8) is 0 Å². The van der Waals surface area contributed by atoms with Gasteiger partial charge in [0.1, 0.15) is 11.4 Å². The minimum Gasteiger partial charge on any atom is -0.493 e. The number of hydrogen-bond acceptors (Lipinski definition) is 5. The molecule has 166 valence electrons. The van der Waals surface area contributed by atoms with Gasteiger partial charge in [-0.2, -0.15) is 0 Å². The lowest BCUT2D eigenvalue weighted by molar-refractivity contribution is -0.117. The van der Waals surface area contributed by atoms with Crippen LogP contribution in [0.4, 0.5) is 10.1 Å². The first-order valence-corrected chi connectivity index (χ1v) is 10.0. The molecule has 7 nitrogen and oxygen atoms in total. The number of carbonyl (C=O) groups excluding carboxylic acids is 3. The number of ether oxygens (including phenoxy) is 2. The van der Waals surface area contributed by atoms with Gasteiger partial charge in [-0.1, -0.05) is 41.9 Å². The fourth-order valence-corrected chi connectivity index (χ4v) is 3.44. The minimum absolute atomic E-state index is 0.0309. The number of rotatable bonds is 5. The fraction of sp³-hybridized carbons (Fsp3) is 0.0417. The van der Waals surface area contributed by atoms with Gasteiger partial charge in [-0.05, 0) is 48.0 Å². The quantitative estimate of drug-likeness (QED) is 0.264. The predicted octanol–water partition coefficient (Wildman–Crippen LogP) is 4.17. The second kappa shape index (κ2) is 9.13. The van der Waals surface area contributed by atoms with Crippen molar-refractivity contribution >= 4 is 41.1 Å². The summed E-state index contributed by atoms with van der Waals surface area (Å²) in [4.78, 5) is 37.6. The van der Waals surface area contributed by atoms with E-state index in [2.05, 4.69) is 5.43 Å². The van der Waals surface area contributed by atoms with Gasteiger partial charge in [0.15, 0.2) is 11.5 Å². The second-order valence-corrected chi connectivity index (χ2v) is 7.29. The van der Waals surface area contributed by atoms with Crippen LogP contribution in [0.15, 0.2) is 72.3 Å². The Morgan fingerprint density at radius 3 is 2.45 bits per heavy atom. The van der Waals surface area contributed by atoms with E-state index in [9.17, 15) is 18.8 Å². The van der Waals surface area contributed by atoms with Gasteiger partial charge < -0.3 is 9.47 Å². The number of hydrazine groups is 1. The summed E-state index contributed by atoms with van der Waals surface area (Å²) in [5.41, 5.74) is 2.98. The van der Waals surface area contributed by atoms with Gasteiger partial charge in [0, 0.05) is 0 Å². The number of benzene rings is 3. The largest absolute Gasteiger partial charge is 0.493 e. The molecule has 0 spiro atoms. The van der Waals surface area contributed by atoms with Gasteiger partial charge >= 0.3 is 5.97 Å². The first-order valence-electron chi connectivity index (χ1n) is 9.65. The highest BCUT2D eigenvalue weighted by Crippen LogP contribution is 2.38. The molecular formula is C24H16ClFN2O5. The standard InChI is InChI=1S/C24H16ClFN2O5/c1-32-20-13-14(11-17-22(29)27-28(23(17)30)15-7-3-2-4-8-15)12-18(25)21(20)33-24(31)16-9-5-6-10-19(16)26/h2-13H,1H3,(H,27,29)/b17-11+. The molecule has 4 rings (SSSR count). The van der Waals surface area contributed by atoms with E-state index in [-0.39, 0.29) is 27.7 Å². The molecule has 0 aromatic heterocycles. The molecule has 0 unspecified atom stereocenters. The molecule has 0 radical (unpaired) electrons. The Kier molecular flexibility index (Phi) is 6.10. The molecule has 1 saturated heterocycles. The Morgan fingerprint density at radius 2 is 1.76 bits per heavy atom. The van der Waals surface area contributed by atoms with Crippen molar-refractivity contribution in [2.24, 2.45) is 0 Å². The highest BCUT2D eigenvalue weighted by atomic mass is 35.5. The molecule has 0 bridgehead atoms. The third-order valence-electron chi connectivity index (χ3n) is 4.76. The normalized spacial score (nSPS) is 14.4. The maximum Gasteiger partial charge on any atom is 0.346 e. The molecular weight excluding hydrogens is 451 g/mol. The topological polar surface area (TPSA) is 84.9 Å². The van der Waals surface area contributed by atoms with E-state index in [1.807, 2.05) is 0 Å². The Hall–Kier alpha value is -4.17. The molecule has 1 heterocycles. The van der Waals surface area contributed by atoms with Gasteiger partial charge in [-0.25, -0.2) is 14.2 Å². The average Bonchev–Trinajstić information content (AvgIpc) is 3.09. The Bertz CT molecular complexity index is 1290. The van der Waals surface area contributed by atoms with Crippen molar-refractivity contribution in [3.05, 3.63) is 94.3 Å². The number of carbonyl (C=O) groups is 3. The summed E-state index contributed by atoms with van der Waals surface area (Å²) in [5.74, 6) is -2.89. The lowest BCUT2D eigenvalue weighted by Gasteiger charge is -2.14. The zero-order valence-electron chi connectivity index (χ0n) is 17.2. The summed E-state index contributed by atoms with van der Waals surface area (Å²) < 4.78 is 24.4. The molecule has 33 heavy (non-hydrogen) atoms. The van der Waals surface area contributed by atoms with Crippen LogP contribution in [0.2, 0.25) is 5.02 Å². The van der Waals surface area contributed by atoms with E-state index in [0.717, 1.165) is 11.1 Å². The highest BCUT2D eigenvalue weighted by Gasteiger charge is 2.34. The van der Waals surface area contributed by atoms with Crippen LogP contribution in [-0.2, 0) is 9.59 Å².